The van der Waals surface area contributed by atoms with Crippen LogP contribution >= 0.6 is 11.3 Å². The number of aromatic nitrogens is 3. The Morgan fingerprint density at radius 2 is 1.76 bits per heavy atom. The van der Waals surface area contributed by atoms with E-state index >= 15 is 0 Å². The zero-order chi connectivity index (χ0) is 24.0. The number of carbonyl (C=O) groups excluding carboxylic acids is 1. The van der Waals surface area contributed by atoms with E-state index in [1.165, 1.54) is 11.3 Å². The molecule has 10 heteroatoms. The molecule has 0 spiro atoms. The van der Waals surface area contributed by atoms with Gasteiger partial charge in [-0.1, -0.05) is 11.3 Å². The molecule has 5 rings (SSSR count). The molecule has 2 aromatic heterocycles. The Bertz CT molecular complexity index is 1390. The van der Waals surface area contributed by atoms with Crippen LogP contribution in [0.15, 0.2) is 30.3 Å². The number of benzene rings is 2. The van der Waals surface area contributed by atoms with Crippen molar-refractivity contribution in [3.63, 3.8) is 0 Å². The molecule has 1 aliphatic heterocycles. The smallest absolute Gasteiger partial charge is 0.226 e. The molecular weight excluding hydrogens is 456 g/mol. The number of carbonyl (C=O) groups is 1. The summed E-state index contributed by atoms with van der Waals surface area (Å²) in [7, 11) is 6.35. The Hall–Kier alpha value is -3.79. The number of rotatable bonds is 6. The SMILES string of the molecule is COc1ccc2nc(-n3nc(C)c4c3NC(=O)C[C@@H]4c3cc(OC)c(OC)c(OC)c3)sc2c1. The molecule has 4 aromatic rings. The van der Waals surface area contributed by atoms with Gasteiger partial charge in [-0.15, -0.1) is 0 Å². The number of amides is 1. The van der Waals surface area contributed by atoms with Gasteiger partial charge in [0.05, 0.1) is 44.3 Å². The number of hydrogen-bond acceptors (Lipinski definition) is 8. The molecule has 1 N–H and O–H groups in total. The quantitative estimate of drug-likeness (QED) is 0.439. The number of aryl methyl sites for hydroxylation is 1. The van der Waals surface area contributed by atoms with Crippen LogP contribution in [0.25, 0.3) is 15.3 Å². The first-order valence-corrected chi connectivity index (χ1v) is 11.4. The summed E-state index contributed by atoms with van der Waals surface area (Å²) in [6, 6.07) is 9.49. The fraction of sp³-hybridized carbons (Fsp3) is 0.292. The fourth-order valence-electron chi connectivity index (χ4n) is 4.38. The van der Waals surface area contributed by atoms with Gasteiger partial charge in [-0.3, -0.25) is 4.79 Å². The van der Waals surface area contributed by atoms with E-state index in [-0.39, 0.29) is 18.2 Å². The van der Waals surface area contributed by atoms with Crippen molar-refractivity contribution < 1.29 is 23.7 Å². The Kier molecular flexibility index (Phi) is 5.52. The monoisotopic (exact) mass is 480 g/mol. The molecule has 1 aliphatic rings. The van der Waals surface area contributed by atoms with Crippen molar-refractivity contribution in [1.82, 2.24) is 14.8 Å². The number of anilines is 1. The maximum atomic E-state index is 12.8. The van der Waals surface area contributed by atoms with Crippen molar-refractivity contribution in [2.24, 2.45) is 0 Å². The third-order valence-electron chi connectivity index (χ3n) is 5.96. The lowest BCUT2D eigenvalue weighted by Gasteiger charge is -2.25. The number of ether oxygens (including phenoxy) is 4. The van der Waals surface area contributed by atoms with E-state index in [1.54, 1.807) is 33.1 Å². The number of hydrogen-bond donors (Lipinski definition) is 1. The van der Waals surface area contributed by atoms with Gasteiger partial charge in [0.2, 0.25) is 16.8 Å². The van der Waals surface area contributed by atoms with E-state index in [0.717, 1.165) is 32.8 Å². The van der Waals surface area contributed by atoms with Gasteiger partial charge in [0.1, 0.15) is 11.6 Å². The average molecular weight is 481 g/mol. The first kappa shape index (κ1) is 22.0. The van der Waals surface area contributed by atoms with Crippen LogP contribution in [0.5, 0.6) is 23.0 Å². The molecule has 3 heterocycles. The van der Waals surface area contributed by atoms with E-state index in [1.807, 2.05) is 37.3 Å². The van der Waals surface area contributed by atoms with Crippen LogP contribution in [-0.4, -0.2) is 49.1 Å². The topological polar surface area (TPSA) is 96.7 Å². The molecule has 1 atom stereocenters. The molecule has 0 aliphatic carbocycles. The number of thiazole rings is 1. The maximum Gasteiger partial charge on any atom is 0.226 e. The van der Waals surface area contributed by atoms with E-state index in [9.17, 15) is 4.79 Å². The molecule has 9 nitrogen and oxygen atoms in total. The number of fused-ring (bicyclic) bond motifs is 2. The van der Waals surface area contributed by atoms with Gasteiger partial charge in [-0.05, 0) is 42.8 Å². The Balaban J connectivity index is 1.65. The minimum atomic E-state index is -0.235. The third kappa shape index (κ3) is 3.50. The zero-order valence-corrected chi connectivity index (χ0v) is 20.3. The van der Waals surface area contributed by atoms with E-state index in [4.69, 9.17) is 29.0 Å². The third-order valence-corrected chi connectivity index (χ3v) is 6.95. The lowest BCUT2D eigenvalue weighted by atomic mass is 9.85. The summed E-state index contributed by atoms with van der Waals surface area (Å²) >= 11 is 1.48. The van der Waals surface area contributed by atoms with Crippen LogP contribution < -0.4 is 24.3 Å². The lowest BCUT2D eigenvalue weighted by molar-refractivity contribution is -0.116. The molecule has 0 fully saturated rings. The summed E-state index contributed by atoms with van der Waals surface area (Å²) in [5.41, 5.74) is 3.46. The van der Waals surface area contributed by atoms with Crippen LogP contribution in [0.3, 0.4) is 0 Å². The van der Waals surface area contributed by atoms with E-state index in [0.29, 0.717) is 28.2 Å². The molecule has 0 radical (unpaired) electrons. The first-order chi connectivity index (χ1) is 16.5. The summed E-state index contributed by atoms with van der Waals surface area (Å²) in [5.74, 6) is 2.63. The van der Waals surface area contributed by atoms with Crippen molar-refractivity contribution in [3.8, 4) is 28.1 Å². The van der Waals surface area contributed by atoms with Gasteiger partial charge in [0.25, 0.3) is 0 Å². The Labute approximate surface area is 200 Å². The van der Waals surface area contributed by atoms with Gasteiger partial charge in [0, 0.05) is 17.9 Å². The van der Waals surface area contributed by atoms with Gasteiger partial charge in [-0.25, -0.2) is 4.98 Å². The van der Waals surface area contributed by atoms with Crippen LogP contribution in [-0.2, 0) is 4.79 Å². The highest BCUT2D eigenvalue weighted by Gasteiger charge is 2.34. The predicted molar refractivity (Wildman–Crippen MR) is 129 cm³/mol. The molecule has 0 saturated heterocycles. The van der Waals surface area contributed by atoms with Gasteiger partial charge >= 0.3 is 0 Å². The van der Waals surface area contributed by atoms with Gasteiger partial charge < -0.3 is 24.3 Å². The van der Waals surface area contributed by atoms with Crippen molar-refractivity contribution in [2.45, 2.75) is 19.3 Å². The van der Waals surface area contributed by atoms with Crippen molar-refractivity contribution in [3.05, 3.63) is 47.2 Å². The van der Waals surface area contributed by atoms with Crippen molar-refractivity contribution >= 4 is 33.3 Å². The normalized spacial score (nSPS) is 15.1. The van der Waals surface area contributed by atoms with Crippen LogP contribution in [0.2, 0.25) is 0 Å². The Morgan fingerprint density at radius 1 is 1.03 bits per heavy atom. The fourth-order valence-corrected chi connectivity index (χ4v) is 5.34. The molecular formula is C24H24N4O5S. The molecule has 34 heavy (non-hydrogen) atoms. The second-order valence-electron chi connectivity index (χ2n) is 7.85. The highest BCUT2D eigenvalue weighted by Crippen LogP contribution is 2.46. The highest BCUT2D eigenvalue weighted by atomic mass is 32.1. The second kappa shape index (κ2) is 8.53. The van der Waals surface area contributed by atoms with Gasteiger partial charge in [-0.2, -0.15) is 9.78 Å². The predicted octanol–water partition coefficient (Wildman–Crippen LogP) is 4.30. The molecule has 0 bridgehead atoms. The molecule has 0 saturated carbocycles. The number of methoxy groups -OCH3 is 4. The minimum absolute atomic E-state index is 0.102. The lowest BCUT2D eigenvalue weighted by Crippen LogP contribution is -2.25. The first-order valence-electron chi connectivity index (χ1n) is 10.6. The average Bonchev–Trinajstić information content (AvgIpc) is 3.42. The van der Waals surface area contributed by atoms with Crippen LogP contribution in [0, 0.1) is 6.92 Å². The number of nitrogens with zero attached hydrogens (tertiary/aromatic N) is 3. The summed E-state index contributed by atoms with van der Waals surface area (Å²) in [6.45, 7) is 1.94. The van der Waals surface area contributed by atoms with Crippen molar-refractivity contribution in [2.75, 3.05) is 33.8 Å². The zero-order valence-electron chi connectivity index (χ0n) is 19.5. The van der Waals surface area contributed by atoms with Crippen LogP contribution in [0.1, 0.15) is 29.2 Å². The molecule has 1 amide bonds. The minimum Gasteiger partial charge on any atom is -0.497 e. The molecule has 2 aromatic carbocycles. The van der Waals surface area contributed by atoms with Crippen LogP contribution in [0.4, 0.5) is 5.82 Å². The highest BCUT2D eigenvalue weighted by molar-refractivity contribution is 7.20. The standard InChI is InChI=1S/C24H24N4O5S/c1-12-21-15(13-8-17(31-3)22(33-5)18(9-13)32-4)11-20(29)26-23(21)28(27-12)24-25-16-7-6-14(30-2)10-19(16)34-24/h6-10,15H,11H2,1-5H3,(H,26,29)/t15-/m1/s1. The van der Waals surface area contributed by atoms with E-state index < -0.39 is 0 Å². The summed E-state index contributed by atoms with van der Waals surface area (Å²) in [4.78, 5) is 17.6. The largest absolute Gasteiger partial charge is 0.497 e. The maximum absolute atomic E-state index is 12.8. The molecule has 0 unspecified atom stereocenters. The Morgan fingerprint density at radius 3 is 2.41 bits per heavy atom. The summed E-state index contributed by atoms with van der Waals surface area (Å²) in [6.07, 6.45) is 0.273. The second-order valence-corrected chi connectivity index (χ2v) is 8.86. The molecule has 176 valence electrons. The summed E-state index contributed by atoms with van der Waals surface area (Å²) < 4.78 is 24.6. The summed E-state index contributed by atoms with van der Waals surface area (Å²) in [5, 5.41) is 8.44. The van der Waals surface area contributed by atoms with E-state index in [2.05, 4.69) is 5.32 Å². The van der Waals surface area contributed by atoms with Crippen molar-refractivity contribution in [1.29, 1.82) is 0 Å². The number of nitrogens with one attached hydrogen (secondary N) is 1. The van der Waals surface area contributed by atoms with Gasteiger partial charge in [0.15, 0.2) is 11.5 Å².